The van der Waals surface area contributed by atoms with Crippen LogP contribution in [0, 0.1) is 11.3 Å². The second-order valence-electron chi connectivity index (χ2n) is 5.58. The van der Waals surface area contributed by atoms with E-state index < -0.39 is 11.4 Å². The summed E-state index contributed by atoms with van der Waals surface area (Å²) in [6, 6.07) is 1.79. The monoisotopic (exact) mass is 277 g/mol. The molecule has 2 aliphatic rings. The molecule has 2 atom stereocenters. The van der Waals surface area contributed by atoms with Crippen LogP contribution in [-0.4, -0.2) is 40.7 Å². The highest BCUT2D eigenvalue weighted by atomic mass is 16.5. The van der Waals surface area contributed by atoms with Gasteiger partial charge in [0.2, 0.25) is 5.88 Å². The Morgan fingerprint density at radius 1 is 1.60 bits per heavy atom. The average molecular weight is 277 g/mol. The third-order valence-corrected chi connectivity index (χ3v) is 4.54. The van der Waals surface area contributed by atoms with E-state index in [0.717, 1.165) is 31.6 Å². The van der Waals surface area contributed by atoms with Gasteiger partial charge >= 0.3 is 5.97 Å². The zero-order chi connectivity index (χ0) is 14.2. The summed E-state index contributed by atoms with van der Waals surface area (Å²) in [5.41, 5.74) is -0.587. The van der Waals surface area contributed by atoms with Gasteiger partial charge in [0.15, 0.2) is 0 Å². The van der Waals surface area contributed by atoms with E-state index in [2.05, 4.69) is 14.9 Å². The van der Waals surface area contributed by atoms with E-state index in [1.807, 2.05) is 6.92 Å². The second-order valence-corrected chi connectivity index (χ2v) is 5.58. The Hall–Kier alpha value is -1.85. The number of carboxylic acids is 1. The number of hydrogen-bond donors (Lipinski definition) is 1. The molecule has 1 aliphatic heterocycles. The summed E-state index contributed by atoms with van der Waals surface area (Å²) in [5, 5.41) is 9.59. The topological polar surface area (TPSA) is 75.5 Å². The van der Waals surface area contributed by atoms with Crippen LogP contribution in [0.1, 0.15) is 26.2 Å². The SMILES string of the molecule is CCOc1cc(N2C[C@@H]3CCC[C@@]3(C(=O)O)C2)ncn1. The van der Waals surface area contributed by atoms with Gasteiger partial charge in [-0.25, -0.2) is 9.97 Å². The molecule has 1 saturated heterocycles. The molecule has 0 bridgehead atoms. The molecule has 1 aliphatic carbocycles. The lowest BCUT2D eigenvalue weighted by atomic mass is 9.81. The van der Waals surface area contributed by atoms with Crippen LogP contribution in [0.5, 0.6) is 5.88 Å². The van der Waals surface area contributed by atoms with Gasteiger partial charge in [-0.2, -0.15) is 0 Å². The fraction of sp³-hybridized carbons (Fsp3) is 0.643. The van der Waals surface area contributed by atoms with Gasteiger partial charge in [0.1, 0.15) is 12.1 Å². The number of carbonyl (C=O) groups is 1. The summed E-state index contributed by atoms with van der Waals surface area (Å²) in [6.07, 6.45) is 4.25. The minimum Gasteiger partial charge on any atom is -0.481 e. The van der Waals surface area contributed by atoms with Crippen molar-refractivity contribution in [2.75, 3.05) is 24.6 Å². The quantitative estimate of drug-likeness (QED) is 0.900. The molecule has 1 N–H and O–H groups in total. The summed E-state index contributed by atoms with van der Waals surface area (Å²) in [7, 11) is 0. The highest BCUT2D eigenvalue weighted by molar-refractivity contribution is 5.77. The molecule has 0 spiro atoms. The fourth-order valence-electron chi connectivity index (χ4n) is 3.54. The van der Waals surface area contributed by atoms with Crippen LogP contribution in [0.15, 0.2) is 12.4 Å². The van der Waals surface area contributed by atoms with Crippen LogP contribution < -0.4 is 9.64 Å². The van der Waals surface area contributed by atoms with Crippen LogP contribution in [0.4, 0.5) is 5.82 Å². The third kappa shape index (κ3) is 1.99. The van der Waals surface area contributed by atoms with Crippen molar-refractivity contribution < 1.29 is 14.6 Å². The molecule has 6 nitrogen and oxygen atoms in total. The van der Waals surface area contributed by atoms with Gasteiger partial charge in [0.25, 0.3) is 0 Å². The van der Waals surface area contributed by atoms with Gasteiger partial charge in [-0.15, -0.1) is 0 Å². The minimum atomic E-state index is -0.665. The Balaban J connectivity index is 1.83. The van der Waals surface area contributed by atoms with Crippen LogP contribution >= 0.6 is 0 Å². The van der Waals surface area contributed by atoms with E-state index in [4.69, 9.17) is 4.74 Å². The molecule has 1 saturated carbocycles. The normalized spacial score (nSPS) is 28.4. The van der Waals surface area contributed by atoms with Gasteiger partial charge < -0.3 is 14.7 Å². The highest BCUT2D eigenvalue weighted by Crippen LogP contribution is 2.49. The van der Waals surface area contributed by atoms with E-state index in [-0.39, 0.29) is 5.92 Å². The van der Waals surface area contributed by atoms with Crippen molar-refractivity contribution in [3.8, 4) is 5.88 Å². The van der Waals surface area contributed by atoms with Gasteiger partial charge in [0.05, 0.1) is 12.0 Å². The first-order chi connectivity index (χ1) is 9.65. The Kier molecular flexibility index (Phi) is 3.23. The Bertz CT molecular complexity index is 522. The Labute approximate surface area is 117 Å². The van der Waals surface area contributed by atoms with E-state index in [1.165, 1.54) is 6.33 Å². The maximum absolute atomic E-state index is 11.7. The Morgan fingerprint density at radius 3 is 3.15 bits per heavy atom. The van der Waals surface area contributed by atoms with Crippen LogP contribution in [0.25, 0.3) is 0 Å². The number of aromatic nitrogens is 2. The molecule has 2 heterocycles. The largest absolute Gasteiger partial charge is 0.481 e. The van der Waals surface area contributed by atoms with Crippen molar-refractivity contribution >= 4 is 11.8 Å². The maximum atomic E-state index is 11.7. The van der Waals surface area contributed by atoms with Crippen molar-refractivity contribution in [3.05, 3.63) is 12.4 Å². The summed E-state index contributed by atoms with van der Waals surface area (Å²) < 4.78 is 5.38. The van der Waals surface area contributed by atoms with Crippen LogP contribution in [0.3, 0.4) is 0 Å². The number of ether oxygens (including phenoxy) is 1. The number of rotatable bonds is 4. The Morgan fingerprint density at radius 2 is 2.45 bits per heavy atom. The summed E-state index contributed by atoms with van der Waals surface area (Å²) >= 11 is 0. The first-order valence-corrected chi connectivity index (χ1v) is 7.09. The molecule has 1 aromatic rings. The van der Waals surface area contributed by atoms with Gasteiger partial charge in [-0.05, 0) is 25.7 Å². The van der Waals surface area contributed by atoms with Crippen molar-refractivity contribution in [2.45, 2.75) is 26.2 Å². The predicted octanol–water partition coefficient (Wildman–Crippen LogP) is 1.57. The first kappa shape index (κ1) is 13.1. The molecule has 1 aromatic heterocycles. The van der Waals surface area contributed by atoms with Crippen molar-refractivity contribution in [1.82, 2.24) is 9.97 Å². The number of fused-ring (bicyclic) bond motifs is 1. The van der Waals surface area contributed by atoms with E-state index in [0.29, 0.717) is 19.0 Å². The smallest absolute Gasteiger partial charge is 0.311 e. The molecule has 0 unspecified atom stereocenters. The number of anilines is 1. The zero-order valence-corrected chi connectivity index (χ0v) is 11.6. The lowest BCUT2D eigenvalue weighted by Gasteiger charge is -2.23. The number of aliphatic carboxylic acids is 1. The number of nitrogens with zero attached hydrogens (tertiary/aromatic N) is 3. The molecule has 6 heteroatoms. The van der Waals surface area contributed by atoms with E-state index in [1.54, 1.807) is 6.07 Å². The lowest BCUT2D eigenvalue weighted by Crippen LogP contribution is -2.35. The van der Waals surface area contributed by atoms with Crippen LogP contribution in [-0.2, 0) is 4.79 Å². The molecule has 0 amide bonds. The van der Waals surface area contributed by atoms with Crippen molar-refractivity contribution in [3.63, 3.8) is 0 Å². The predicted molar refractivity (Wildman–Crippen MR) is 72.8 cm³/mol. The third-order valence-electron chi connectivity index (χ3n) is 4.54. The fourth-order valence-corrected chi connectivity index (χ4v) is 3.54. The molecule has 0 aromatic carbocycles. The summed E-state index contributed by atoms with van der Waals surface area (Å²) in [6.45, 7) is 3.75. The zero-order valence-electron chi connectivity index (χ0n) is 11.6. The van der Waals surface area contributed by atoms with Crippen molar-refractivity contribution in [1.29, 1.82) is 0 Å². The molecular weight excluding hydrogens is 258 g/mol. The molecule has 2 fully saturated rings. The lowest BCUT2D eigenvalue weighted by molar-refractivity contribution is -0.149. The number of carboxylic acid groups (broad SMARTS) is 1. The van der Waals surface area contributed by atoms with E-state index in [9.17, 15) is 9.90 Å². The van der Waals surface area contributed by atoms with Crippen LogP contribution in [0.2, 0.25) is 0 Å². The second kappa shape index (κ2) is 4.92. The molecule has 20 heavy (non-hydrogen) atoms. The number of hydrogen-bond acceptors (Lipinski definition) is 5. The molecular formula is C14H19N3O3. The van der Waals surface area contributed by atoms with Gasteiger partial charge in [0, 0.05) is 19.2 Å². The summed E-state index contributed by atoms with van der Waals surface area (Å²) in [4.78, 5) is 22.0. The molecule has 3 rings (SSSR count). The molecule has 0 radical (unpaired) electrons. The highest BCUT2D eigenvalue weighted by Gasteiger charge is 2.55. The average Bonchev–Trinajstić information content (AvgIpc) is 2.97. The van der Waals surface area contributed by atoms with E-state index >= 15 is 0 Å². The van der Waals surface area contributed by atoms with Gasteiger partial charge in [-0.1, -0.05) is 6.42 Å². The standard InChI is InChI=1S/C14H19N3O3/c1-2-20-12-6-11(15-9-16-12)17-7-10-4-3-5-14(10,8-17)13(18)19/h6,9-10H,2-5,7-8H2,1H3,(H,18,19)/t10-,14+/m0/s1. The van der Waals surface area contributed by atoms with Crippen molar-refractivity contribution in [2.24, 2.45) is 11.3 Å². The first-order valence-electron chi connectivity index (χ1n) is 7.09. The maximum Gasteiger partial charge on any atom is 0.311 e. The minimum absolute atomic E-state index is 0.227. The molecule has 108 valence electrons. The summed E-state index contributed by atoms with van der Waals surface area (Å²) in [5.74, 6) is 0.865. The van der Waals surface area contributed by atoms with Gasteiger partial charge in [-0.3, -0.25) is 4.79 Å².